The highest BCUT2D eigenvalue weighted by molar-refractivity contribution is 7.92. The Balaban J connectivity index is 1.71. The second kappa shape index (κ2) is 13.5. The number of benzene rings is 2. The van der Waals surface area contributed by atoms with E-state index in [0.717, 1.165) is 37.5 Å². The number of ether oxygens (including phenoxy) is 1. The molecule has 0 bridgehead atoms. The van der Waals surface area contributed by atoms with Crippen LogP contribution in [0, 0.1) is 0 Å². The number of para-hydroxylation sites is 2. The van der Waals surface area contributed by atoms with Gasteiger partial charge in [-0.15, -0.1) is 0 Å². The molecule has 0 unspecified atom stereocenters. The van der Waals surface area contributed by atoms with Gasteiger partial charge in [0.2, 0.25) is 21.8 Å². The number of hydrogen-bond donors (Lipinski definition) is 1. The van der Waals surface area contributed by atoms with E-state index in [4.69, 9.17) is 4.74 Å². The number of rotatable bonds is 12. The number of nitrogens with zero attached hydrogens (tertiary/aromatic N) is 2. The van der Waals surface area contributed by atoms with Gasteiger partial charge >= 0.3 is 0 Å². The average Bonchev–Trinajstić information content (AvgIpc) is 2.89. The van der Waals surface area contributed by atoms with Crippen molar-refractivity contribution in [2.75, 3.05) is 24.2 Å². The minimum absolute atomic E-state index is 0.106. The largest absolute Gasteiger partial charge is 0.495 e. The van der Waals surface area contributed by atoms with E-state index in [1.807, 2.05) is 30.3 Å². The van der Waals surface area contributed by atoms with Crippen molar-refractivity contribution in [1.82, 2.24) is 10.2 Å². The predicted molar refractivity (Wildman–Crippen MR) is 146 cm³/mol. The first-order valence-electron chi connectivity index (χ1n) is 12.9. The normalized spacial score (nSPS) is 15.0. The molecular formula is C28H39N3O5S. The molecule has 8 nitrogen and oxygen atoms in total. The maximum Gasteiger partial charge on any atom is 0.242 e. The molecule has 1 aliphatic carbocycles. The molecule has 0 spiro atoms. The summed E-state index contributed by atoms with van der Waals surface area (Å²) in [6, 6.07) is 16.0. The van der Waals surface area contributed by atoms with E-state index in [9.17, 15) is 18.0 Å². The highest BCUT2D eigenvalue weighted by atomic mass is 32.2. The van der Waals surface area contributed by atoms with E-state index in [-0.39, 0.29) is 30.8 Å². The van der Waals surface area contributed by atoms with Gasteiger partial charge in [0, 0.05) is 25.6 Å². The highest BCUT2D eigenvalue weighted by Crippen LogP contribution is 2.30. The fourth-order valence-electron chi connectivity index (χ4n) is 4.75. The van der Waals surface area contributed by atoms with Gasteiger partial charge in [0.05, 0.1) is 19.1 Å². The zero-order valence-corrected chi connectivity index (χ0v) is 22.9. The molecule has 0 radical (unpaired) electrons. The van der Waals surface area contributed by atoms with Gasteiger partial charge in [-0.05, 0) is 43.9 Å². The molecule has 0 aromatic heterocycles. The van der Waals surface area contributed by atoms with Gasteiger partial charge in [0.15, 0.2) is 0 Å². The molecule has 0 saturated heterocycles. The Kier molecular flexibility index (Phi) is 10.4. The Hall–Kier alpha value is -3.07. The molecule has 1 saturated carbocycles. The van der Waals surface area contributed by atoms with Crippen LogP contribution < -0.4 is 14.4 Å². The lowest BCUT2D eigenvalue weighted by Crippen LogP contribution is -2.50. The minimum Gasteiger partial charge on any atom is -0.495 e. The first kappa shape index (κ1) is 28.5. The second-order valence-electron chi connectivity index (χ2n) is 9.64. The maximum atomic E-state index is 13.4. The summed E-state index contributed by atoms with van der Waals surface area (Å²) in [6.07, 6.45) is 6.89. The third kappa shape index (κ3) is 8.21. The van der Waals surface area contributed by atoms with Crippen LogP contribution in [-0.4, -0.2) is 57.1 Å². The second-order valence-corrected chi connectivity index (χ2v) is 11.5. The summed E-state index contributed by atoms with van der Waals surface area (Å²) in [7, 11) is -2.11. The van der Waals surface area contributed by atoms with Crippen molar-refractivity contribution in [3.63, 3.8) is 0 Å². The third-order valence-electron chi connectivity index (χ3n) is 6.82. The van der Waals surface area contributed by atoms with E-state index in [2.05, 4.69) is 5.32 Å². The van der Waals surface area contributed by atoms with Gasteiger partial charge in [0.25, 0.3) is 0 Å². The number of nitrogens with one attached hydrogen (secondary N) is 1. The van der Waals surface area contributed by atoms with Crippen molar-refractivity contribution in [3.8, 4) is 5.75 Å². The van der Waals surface area contributed by atoms with Crippen LogP contribution >= 0.6 is 0 Å². The van der Waals surface area contributed by atoms with Crippen LogP contribution in [0.4, 0.5) is 5.69 Å². The molecule has 2 aromatic carbocycles. The van der Waals surface area contributed by atoms with Crippen molar-refractivity contribution in [1.29, 1.82) is 0 Å². The Morgan fingerprint density at radius 1 is 1.03 bits per heavy atom. The third-order valence-corrected chi connectivity index (χ3v) is 8.00. The van der Waals surface area contributed by atoms with Gasteiger partial charge in [0.1, 0.15) is 11.8 Å². The number of anilines is 1. The molecule has 1 fully saturated rings. The number of carbonyl (C=O) groups is 2. The van der Waals surface area contributed by atoms with E-state index in [1.165, 1.54) is 17.8 Å². The lowest BCUT2D eigenvalue weighted by atomic mass is 9.95. The standard InChI is InChI=1S/C28H39N3O5S/c1-22(28(33)29-24-15-8-5-9-16-24)30(21-23-13-6-4-7-14-23)27(32)19-12-20-31(37(3,34)35)25-17-10-11-18-26(25)36-2/h4,6-7,10-11,13-14,17-18,22,24H,5,8-9,12,15-16,19-21H2,1-3H3,(H,29,33)/t22-/m1/s1. The predicted octanol–water partition coefficient (Wildman–Crippen LogP) is 4.11. The molecule has 0 heterocycles. The molecule has 1 atom stereocenters. The van der Waals surface area contributed by atoms with Gasteiger partial charge in [-0.2, -0.15) is 0 Å². The summed E-state index contributed by atoms with van der Waals surface area (Å²) in [5.74, 6) is 0.101. The molecule has 202 valence electrons. The Labute approximate surface area is 221 Å². The topological polar surface area (TPSA) is 96.0 Å². The number of hydrogen-bond acceptors (Lipinski definition) is 5. The Morgan fingerprint density at radius 2 is 1.68 bits per heavy atom. The Morgan fingerprint density at radius 3 is 2.32 bits per heavy atom. The van der Waals surface area contributed by atoms with Crippen LogP contribution in [0.2, 0.25) is 0 Å². The zero-order chi connectivity index (χ0) is 26.8. The molecule has 0 aliphatic heterocycles. The van der Waals surface area contributed by atoms with E-state index in [0.29, 0.717) is 24.4 Å². The van der Waals surface area contributed by atoms with Crippen molar-refractivity contribution < 1.29 is 22.7 Å². The molecule has 2 aromatic rings. The summed E-state index contributed by atoms with van der Waals surface area (Å²) >= 11 is 0. The monoisotopic (exact) mass is 529 g/mol. The van der Waals surface area contributed by atoms with Gasteiger partial charge in [-0.25, -0.2) is 8.42 Å². The summed E-state index contributed by atoms with van der Waals surface area (Å²) in [6.45, 7) is 2.19. The molecule has 3 rings (SSSR count). The number of sulfonamides is 1. The minimum atomic E-state index is -3.60. The fraction of sp³-hybridized carbons (Fsp3) is 0.500. The molecule has 1 N–H and O–H groups in total. The SMILES string of the molecule is COc1ccccc1N(CCCC(=O)N(Cc1ccccc1)[C@H](C)C(=O)NC1CCCCC1)S(C)(=O)=O. The van der Waals surface area contributed by atoms with E-state index < -0.39 is 16.1 Å². The highest BCUT2D eigenvalue weighted by Gasteiger charge is 2.28. The van der Waals surface area contributed by atoms with Crippen molar-refractivity contribution in [3.05, 3.63) is 60.2 Å². The van der Waals surface area contributed by atoms with Gasteiger partial charge in [-0.1, -0.05) is 61.7 Å². The van der Waals surface area contributed by atoms with Crippen LogP contribution in [0.5, 0.6) is 5.75 Å². The zero-order valence-electron chi connectivity index (χ0n) is 22.1. The quantitative estimate of drug-likeness (QED) is 0.447. The van der Waals surface area contributed by atoms with Gasteiger partial charge in [-0.3, -0.25) is 13.9 Å². The van der Waals surface area contributed by atoms with Crippen LogP contribution in [0.1, 0.15) is 57.4 Å². The maximum absolute atomic E-state index is 13.4. The number of methoxy groups -OCH3 is 1. The van der Waals surface area contributed by atoms with Crippen molar-refractivity contribution in [2.24, 2.45) is 0 Å². The van der Waals surface area contributed by atoms with Crippen LogP contribution in [0.25, 0.3) is 0 Å². The van der Waals surface area contributed by atoms with Gasteiger partial charge < -0.3 is 15.0 Å². The fourth-order valence-corrected chi connectivity index (χ4v) is 5.72. The lowest BCUT2D eigenvalue weighted by molar-refractivity contribution is -0.141. The molecule has 9 heteroatoms. The lowest BCUT2D eigenvalue weighted by Gasteiger charge is -2.31. The first-order valence-corrected chi connectivity index (χ1v) is 14.8. The summed E-state index contributed by atoms with van der Waals surface area (Å²) in [4.78, 5) is 28.1. The summed E-state index contributed by atoms with van der Waals surface area (Å²) < 4.78 is 31.7. The first-order chi connectivity index (χ1) is 17.7. The van der Waals surface area contributed by atoms with Crippen LogP contribution in [0.15, 0.2) is 54.6 Å². The average molecular weight is 530 g/mol. The van der Waals surface area contributed by atoms with E-state index >= 15 is 0 Å². The van der Waals surface area contributed by atoms with Crippen molar-refractivity contribution >= 4 is 27.5 Å². The smallest absolute Gasteiger partial charge is 0.242 e. The molecular weight excluding hydrogens is 490 g/mol. The number of carbonyl (C=O) groups excluding carboxylic acids is 2. The Bertz CT molecular complexity index is 1130. The molecule has 2 amide bonds. The van der Waals surface area contributed by atoms with Crippen LogP contribution in [0.3, 0.4) is 0 Å². The van der Waals surface area contributed by atoms with E-state index in [1.54, 1.807) is 36.1 Å². The number of amides is 2. The van der Waals surface area contributed by atoms with Crippen molar-refractivity contribution in [2.45, 2.75) is 70.5 Å². The molecule has 1 aliphatic rings. The summed E-state index contributed by atoms with van der Waals surface area (Å²) in [5, 5.41) is 3.13. The summed E-state index contributed by atoms with van der Waals surface area (Å²) in [5.41, 5.74) is 1.36. The molecule has 37 heavy (non-hydrogen) atoms. The van der Waals surface area contributed by atoms with Crippen LogP contribution in [-0.2, 0) is 26.2 Å².